The van der Waals surface area contributed by atoms with Crippen molar-refractivity contribution < 1.29 is 23.5 Å². The fourth-order valence-electron chi connectivity index (χ4n) is 2.21. The first-order valence-corrected chi connectivity index (χ1v) is 4.25. The lowest BCUT2D eigenvalue weighted by Gasteiger charge is -2.24. The predicted octanol–water partition coefficient (Wildman–Crippen LogP) is 0.183. The van der Waals surface area contributed by atoms with Crippen LogP contribution >= 0.6 is 0 Å². The normalized spacial score (nSPS) is 37.9. The molecule has 1 saturated carbocycles. The van der Waals surface area contributed by atoms with Crippen LogP contribution in [0.1, 0.15) is 6.92 Å². The van der Waals surface area contributed by atoms with E-state index in [1.165, 1.54) is 6.92 Å². The summed E-state index contributed by atoms with van der Waals surface area (Å²) in [7, 11) is 0. The van der Waals surface area contributed by atoms with Crippen molar-refractivity contribution in [2.24, 2.45) is 11.8 Å². The van der Waals surface area contributed by atoms with Crippen LogP contribution in [0.4, 0.5) is 8.78 Å². The number of rotatable bonds is 1. The van der Waals surface area contributed by atoms with E-state index in [1.807, 2.05) is 0 Å². The lowest BCUT2D eigenvalue weighted by molar-refractivity contribution is -0.151. The van der Waals surface area contributed by atoms with Crippen molar-refractivity contribution >= 4 is 11.9 Å². The molecule has 2 fully saturated rings. The zero-order valence-corrected chi connectivity index (χ0v) is 7.41. The summed E-state index contributed by atoms with van der Waals surface area (Å²) in [4.78, 5) is 22.7. The Balaban J connectivity index is 2.23. The average Bonchev–Trinajstić information content (AvgIpc) is 2.47. The van der Waals surface area contributed by atoms with E-state index in [-0.39, 0.29) is 6.54 Å². The third kappa shape index (κ3) is 0.964. The second-order valence-electron chi connectivity index (χ2n) is 3.76. The first-order chi connectivity index (χ1) is 6.37. The summed E-state index contributed by atoms with van der Waals surface area (Å²) in [6.07, 6.45) is 0. The van der Waals surface area contributed by atoms with Gasteiger partial charge in [0.25, 0.3) is 5.92 Å². The van der Waals surface area contributed by atoms with E-state index in [0.717, 1.165) is 4.90 Å². The molecule has 1 aliphatic heterocycles. The summed E-state index contributed by atoms with van der Waals surface area (Å²) in [5.41, 5.74) is 0. The van der Waals surface area contributed by atoms with E-state index in [4.69, 9.17) is 5.11 Å². The van der Waals surface area contributed by atoms with Crippen LogP contribution in [-0.2, 0) is 9.59 Å². The van der Waals surface area contributed by atoms with E-state index in [0.29, 0.717) is 0 Å². The maximum absolute atomic E-state index is 12.9. The highest BCUT2D eigenvalue weighted by Gasteiger charge is 2.77. The molecule has 0 bridgehead atoms. The van der Waals surface area contributed by atoms with Gasteiger partial charge in [-0.3, -0.25) is 4.79 Å². The van der Waals surface area contributed by atoms with Crippen LogP contribution in [-0.4, -0.2) is 40.4 Å². The van der Waals surface area contributed by atoms with E-state index in [9.17, 15) is 18.4 Å². The summed E-state index contributed by atoms with van der Waals surface area (Å²) in [6, 6.07) is -1.34. The number of likely N-dealkylation sites (tertiary alicyclic amines) is 1. The van der Waals surface area contributed by atoms with Gasteiger partial charge in [-0.2, -0.15) is 0 Å². The Morgan fingerprint density at radius 1 is 1.50 bits per heavy atom. The minimum absolute atomic E-state index is 0.135. The first kappa shape index (κ1) is 9.36. The van der Waals surface area contributed by atoms with Gasteiger partial charge in [0.05, 0.1) is 11.8 Å². The molecule has 1 saturated heterocycles. The molecule has 6 heteroatoms. The highest BCUT2D eigenvalue weighted by atomic mass is 19.3. The van der Waals surface area contributed by atoms with Crippen LogP contribution in [0.25, 0.3) is 0 Å². The van der Waals surface area contributed by atoms with Crippen molar-refractivity contribution in [3.63, 3.8) is 0 Å². The maximum atomic E-state index is 12.9. The highest BCUT2D eigenvalue weighted by molar-refractivity contribution is 5.84. The number of piperidine rings is 1. The van der Waals surface area contributed by atoms with Gasteiger partial charge in [-0.25, -0.2) is 13.6 Å². The number of aliphatic carboxylic acids is 1. The van der Waals surface area contributed by atoms with Crippen LogP contribution in [0, 0.1) is 11.8 Å². The monoisotopic (exact) mass is 205 g/mol. The molecule has 78 valence electrons. The van der Waals surface area contributed by atoms with Gasteiger partial charge in [-0.1, -0.05) is 0 Å². The molecule has 1 aliphatic carbocycles. The van der Waals surface area contributed by atoms with Crippen molar-refractivity contribution in [1.82, 2.24) is 4.90 Å². The molecule has 2 aliphatic rings. The number of amides is 1. The van der Waals surface area contributed by atoms with Gasteiger partial charge in [0.2, 0.25) is 5.91 Å². The Labute approximate surface area is 78.5 Å². The molecular weight excluding hydrogens is 196 g/mol. The smallest absolute Gasteiger partial charge is 0.326 e. The quantitative estimate of drug-likeness (QED) is 0.664. The molecule has 0 aromatic rings. The van der Waals surface area contributed by atoms with Crippen LogP contribution in [0.3, 0.4) is 0 Å². The number of carboxylic acids is 1. The van der Waals surface area contributed by atoms with Crippen molar-refractivity contribution in [2.75, 3.05) is 6.54 Å². The SMILES string of the molecule is CC(=O)N1CC2C(C1C(=O)O)C2(F)F. The standard InChI is InChI=1S/C8H9F2NO3/c1-3(12)11-2-4-5(8(4,9)10)6(11)7(13)14/h4-6H,2H2,1H3,(H,13,14). The van der Waals surface area contributed by atoms with Crippen molar-refractivity contribution in [2.45, 2.75) is 18.9 Å². The van der Waals surface area contributed by atoms with Crippen LogP contribution in [0.5, 0.6) is 0 Å². The Morgan fingerprint density at radius 2 is 2.07 bits per heavy atom. The molecule has 14 heavy (non-hydrogen) atoms. The van der Waals surface area contributed by atoms with Crippen molar-refractivity contribution in [3.05, 3.63) is 0 Å². The third-order valence-corrected chi connectivity index (χ3v) is 2.99. The number of halogens is 2. The number of carbonyl (C=O) groups excluding carboxylic acids is 1. The second-order valence-corrected chi connectivity index (χ2v) is 3.76. The zero-order valence-electron chi connectivity index (χ0n) is 7.41. The molecule has 3 unspecified atom stereocenters. The molecule has 0 radical (unpaired) electrons. The largest absolute Gasteiger partial charge is 0.480 e. The minimum Gasteiger partial charge on any atom is -0.480 e. The lowest BCUT2D eigenvalue weighted by Crippen LogP contribution is -2.44. The summed E-state index contributed by atoms with van der Waals surface area (Å²) in [5.74, 6) is -6.82. The van der Waals surface area contributed by atoms with Gasteiger partial charge in [0.1, 0.15) is 6.04 Å². The van der Waals surface area contributed by atoms with Crippen LogP contribution in [0.15, 0.2) is 0 Å². The van der Waals surface area contributed by atoms with Gasteiger partial charge >= 0.3 is 5.97 Å². The molecule has 0 aromatic heterocycles. The molecule has 2 rings (SSSR count). The van der Waals surface area contributed by atoms with Crippen LogP contribution in [0.2, 0.25) is 0 Å². The Morgan fingerprint density at radius 3 is 2.50 bits per heavy atom. The summed E-state index contributed by atoms with van der Waals surface area (Å²) in [5, 5.41) is 8.73. The predicted molar refractivity (Wildman–Crippen MR) is 40.7 cm³/mol. The Kier molecular flexibility index (Phi) is 1.62. The molecule has 0 aromatic carbocycles. The van der Waals surface area contributed by atoms with Gasteiger partial charge in [-0.05, 0) is 0 Å². The average molecular weight is 205 g/mol. The Bertz CT molecular complexity index is 318. The Hall–Kier alpha value is -1.20. The molecule has 3 atom stereocenters. The number of fused-ring (bicyclic) bond motifs is 1. The zero-order chi connectivity index (χ0) is 10.7. The van der Waals surface area contributed by atoms with E-state index < -0.39 is 35.7 Å². The molecular formula is C8H9F2NO3. The summed E-state index contributed by atoms with van der Waals surface area (Å²) >= 11 is 0. The number of carboxylic acid groups (broad SMARTS) is 1. The number of hydrogen-bond acceptors (Lipinski definition) is 2. The molecule has 1 heterocycles. The molecule has 0 spiro atoms. The van der Waals surface area contributed by atoms with E-state index in [1.54, 1.807) is 0 Å². The van der Waals surface area contributed by atoms with E-state index in [2.05, 4.69) is 0 Å². The fourth-order valence-corrected chi connectivity index (χ4v) is 2.21. The topological polar surface area (TPSA) is 57.6 Å². The van der Waals surface area contributed by atoms with Crippen LogP contribution < -0.4 is 0 Å². The van der Waals surface area contributed by atoms with E-state index >= 15 is 0 Å². The molecule has 4 nitrogen and oxygen atoms in total. The number of nitrogens with zero attached hydrogens (tertiary/aromatic N) is 1. The number of alkyl halides is 2. The summed E-state index contributed by atoms with van der Waals surface area (Å²) in [6.45, 7) is 1.06. The van der Waals surface area contributed by atoms with Gasteiger partial charge in [0.15, 0.2) is 0 Å². The van der Waals surface area contributed by atoms with Gasteiger partial charge in [-0.15, -0.1) is 0 Å². The lowest BCUT2D eigenvalue weighted by atomic mass is 10.2. The fraction of sp³-hybridized carbons (Fsp3) is 0.750. The van der Waals surface area contributed by atoms with Crippen molar-refractivity contribution in [3.8, 4) is 0 Å². The van der Waals surface area contributed by atoms with Gasteiger partial charge < -0.3 is 10.0 Å². The second kappa shape index (κ2) is 2.43. The minimum atomic E-state index is -2.89. The van der Waals surface area contributed by atoms with Crippen molar-refractivity contribution in [1.29, 1.82) is 0 Å². The first-order valence-electron chi connectivity index (χ1n) is 4.25. The highest BCUT2D eigenvalue weighted by Crippen LogP contribution is 2.62. The number of carbonyl (C=O) groups is 2. The molecule has 1 N–H and O–H groups in total. The number of hydrogen-bond donors (Lipinski definition) is 1. The maximum Gasteiger partial charge on any atom is 0.326 e. The van der Waals surface area contributed by atoms with Gasteiger partial charge in [0, 0.05) is 13.5 Å². The molecule has 1 amide bonds. The summed E-state index contributed by atoms with van der Waals surface area (Å²) < 4.78 is 25.8. The third-order valence-electron chi connectivity index (χ3n) is 2.99.